The number of imidazole rings is 1. The molecule has 0 unspecified atom stereocenters. The first kappa shape index (κ1) is 15.0. The standard InChI is InChI=1S/C18H17N3O2S/c1-10-9-21-16(11(2)19-18(21)24-10)8-14-13-7-12(23-4)5-6-15(13)20(3)17(14)22/h5-9H,1-4H3/b14-8+. The third kappa shape index (κ3) is 2.06. The molecule has 0 saturated carbocycles. The summed E-state index contributed by atoms with van der Waals surface area (Å²) in [5.41, 5.74) is 4.32. The van der Waals surface area contributed by atoms with Crippen LogP contribution in [0.25, 0.3) is 16.6 Å². The maximum absolute atomic E-state index is 12.7. The van der Waals surface area contributed by atoms with Crippen molar-refractivity contribution < 1.29 is 9.53 Å². The number of carbonyl (C=O) groups is 1. The van der Waals surface area contributed by atoms with Crippen LogP contribution in [0.5, 0.6) is 5.75 Å². The molecule has 0 radical (unpaired) electrons. The predicted molar refractivity (Wildman–Crippen MR) is 96.8 cm³/mol. The molecule has 0 spiro atoms. The van der Waals surface area contributed by atoms with Gasteiger partial charge < -0.3 is 9.64 Å². The molecule has 0 saturated heterocycles. The van der Waals surface area contributed by atoms with E-state index in [0.717, 1.165) is 33.3 Å². The maximum Gasteiger partial charge on any atom is 0.258 e. The van der Waals surface area contributed by atoms with Crippen molar-refractivity contribution in [1.82, 2.24) is 9.38 Å². The highest BCUT2D eigenvalue weighted by Gasteiger charge is 2.30. The van der Waals surface area contributed by atoms with Crippen molar-refractivity contribution in [3.05, 3.63) is 46.2 Å². The summed E-state index contributed by atoms with van der Waals surface area (Å²) in [6.45, 7) is 4.03. The van der Waals surface area contributed by atoms with Gasteiger partial charge in [0.25, 0.3) is 5.91 Å². The third-order valence-corrected chi connectivity index (χ3v) is 5.23. The summed E-state index contributed by atoms with van der Waals surface area (Å²) in [6, 6.07) is 5.70. The Kier molecular flexibility index (Phi) is 3.25. The number of aryl methyl sites for hydroxylation is 2. The van der Waals surface area contributed by atoms with Gasteiger partial charge in [-0.25, -0.2) is 4.98 Å². The van der Waals surface area contributed by atoms with E-state index in [0.29, 0.717) is 5.57 Å². The molecule has 0 atom stereocenters. The van der Waals surface area contributed by atoms with Gasteiger partial charge in [-0.2, -0.15) is 0 Å². The SMILES string of the molecule is COc1ccc2c(c1)/C(=C\c1c(C)nc3sc(C)cn13)C(=O)N2C. The summed E-state index contributed by atoms with van der Waals surface area (Å²) in [5.74, 6) is 0.726. The Labute approximate surface area is 143 Å². The van der Waals surface area contributed by atoms with Gasteiger partial charge in [0, 0.05) is 23.7 Å². The highest BCUT2D eigenvalue weighted by Crippen LogP contribution is 2.39. The molecule has 0 fully saturated rings. The molecular formula is C18H17N3O2S. The summed E-state index contributed by atoms with van der Waals surface area (Å²) in [7, 11) is 3.42. The lowest BCUT2D eigenvalue weighted by atomic mass is 10.1. The van der Waals surface area contributed by atoms with Crippen molar-refractivity contribution in [2.75, 3.05) is 19.1 Å². The third-order valence-electron chi connectivity index (χ3n) is 4.33. The van der Waals surface area contributed by atoms with Crippen LogP contribution in [0.15, 0.2) is 24.4 Å². The second-order valence-corrected chi connectivity index (χ2v) is 7.10. The second-order valence-electron chi connectivity index (χ2n) is 5.88. The molecule has 24 heavy (non-hydrogen) atoms. The summed E-state index contributed by atoms with van der Waals surface area (Å²) >= 11 is 1.65. The van der Waals surface area contributed by atoms with Gasteiger partial charge in [-0.3, -0.25) is 9.20 Å². The first-order valence-electron chi connectivity index (χ1n) is 7.63. The van der Waals surface area contributed by atoms with Gasteiger partial charge in [0.05, 0.1) is 29.8 Å². The smallest absolute Gasteiger partial charge is 0.258 e. The summed E-state index contributed by atoms with van der Waals surface area (Å²) in [6.07, 6.45) is 3.99. The van der Waals surface area contributed by atoms with Gasteiger partial charge in [0.2, 0.25) is 0 Å². The number of thiazole rings is 1. The minimum Gasteiger partial charge on any atom is -0.497 e. The van der Waals surface area contributed by atoms with Crippen molar-refractivity contribution in [2.45, 2.75) is 13.8 Å². The molecule has 0 aliphatic carbocycles. The molecule has 1 aromatic carbocycles. The average Bonchev–Trinajstić information content (AvgIpc) is 3.13. The second kappa shape index (κ2) is 5.21. The van der Waals surface area contributed by atoms with E-state index < -0.39 is 0 Å². The summed E-state index contributed by atoms with van der Waals surface area (Å²) in [5, 5.41) is 0. The zero-order valence-electron chi connectivity index (χ0n) is 14.0. The van der Waals surface area contributed by atoms with Gasteiger partial charge in [-0.15, -0.1) is 11.3 Å². The molecule has 4 rings (SSSR count). The van der Waals surface area contributed by atoms with Crippen LogP contribution in [0.4, 0.5) is 5.69 Å². The van der Waals surface area contributed by atoms with Crippen molar-refractivity contribution in [2.24, 2.45) is 0 Å². The van der Waals surface area contributed by atoms with Crippen molar-refractivity contribution in [1.29, 1.82) is 0 Å². The lowest BCUT2D eigenvalue weighted by molar-refractivity contribution is -0.112. The first-order valence-corrected chi connectivity index (χ1v) is 8.44. The molecule has 3 aromatic rings. The highest BCUT2D eigenvalue weighted by atomic mass is 32.1. The predicted octanol–water partition coefficient (Wildman–Crippen LogP) is 3.54. The Morgan fingerprint density at radius 3 is 2.83 bits per heavy atom. The van der Waals surface area contributed by atoms with Crippen LogP contribution in [-0.2, 0) is 4.79 Å². The number of anilines is 1. The van der Waals surface area contributed by atoms with Crippen LogP contribution >= 0.6 is 11.3 Å². The molecule has 1 aliphatic rings. The Hall–Kier alpha value is -2.60. The lowest BCUT2D eigenvalue weighted by Crippen LogP contribution is -2.20. The molecule has 0 N–H and O–H groups in total. The number of likely N-dealkylation sites (N-methyl/N-ethyl adjacent to an activating group) is 1. The van der Waals surface area contributed by atoms with E-state index in [2.05, 4.69) is 18.1 Å². The number of fused-ring (bicyclic) bond motifs is 2. The summed E-state index contributed by atoms with van der Waals surface area (Å²) < 4.78 is 7.37. The van der Waals surface area contributed by atoms with E-state index in [1.807, 2.05) is 35.6 Å². The molecule has 3 heterocycles. The van der Waals surface area contributed by atoms with Gasteiger partial charge in [0.15, 0.2) is 4.96 Å². The quantitative estimate of drug-likeness (QED) is 0.671. The maximum atomic E-state index is 12.7. The topological polar surface area (TPSA) is 46.8 Å². The average molecular weight is 339 g/mol. The van der Waals surface area contributed by atoms with E-state index in [-0.39, 0.29) is 5.91 Å². The van der Waals surface area contributed by atoms with E-state index in [9.17, 15) is 4.79 Å². The number of nitrogens with zero attached hydrogens (tertiary/aromatic N) is 3. The van der Waals surface area contributed by atoms with Crippen LogP contribution in [0, 0.1) is 13.8 Å². The molecule has 2 aromatic heterocycles. The van der Waals surface area contributed by atoms with Crippen molar-refractivity contribution in [3.63, 3.8) is 0 Å². The van der Waals surface area contributed by atoms with Gasteiger partial charge >= 0.3 is 0 Å². The number of benzene rings is 1. The number of amides is 1. The number of methoxy groups -OCH3 is 1. The van der Waals surface area contributed by atoms with E-state index in [4.69, 9.17) is 4.74 Å². The highest BCUT2D eigenvalue weighted by molar-refractivity contribution is 7.17. The number of aromatic nitrogens is 2. The zero-order chi connectivity index (χ0) is 17.0. The fourth-order valence-corrected chi connectivity index (χ4v) is 3.96. The van der Waals surface area contributed by atoms with Crippen LogP contribution in [0.1, 0.15) is 21.8 Å². The largest absolute Gasteiger partial charge is 0.497 e. The van der Waals surface area contributed by atoms with Crippen molar-refractivity contribution in [3.8, 4) is 5.75 Å². The normalized spacial score (nSPS) is 15.6. The Bertz CT molecular complexity index is 1010. The first-order chi connectivity index (χ1) is 11.5. The monoisotopic (exact) mass is 339 g/mol. The van der Waals surface area contributed by atoms with Gasteiger partial charge in [-0.1, -0.05) is 0 Å². The molecule has 0 bridgehead atoms. The summed E-state index contributed by atoms with van der Waals surface area (Å²) in [4.78, 5) is 21.1. The Morgan fingerprint density at radius 2 is 2.08 bits per heavy atom. The van der Waals surface area contributed by atoms with E-state index in [1.165, 1.54) is 4.88 Å². The van der Waals surface area contributed by atoms with Crippen LogP contribution in [-0.4, -0.2) is 29.4 Å². The molecule has 6 heteroatoms. The minimum absolute atomic E-state index is 0.0143. The van der Waals surface area contributed by atoms with Crippen LogP contribution in [0.2, 0.25) is 0 Å². The number of hydrogen-bond donors (Lipinski definition) is 0. The molecule has 1 amide bonds. The lowest BCUT2D eigenvalue weighted by Gasteiger charge is -2.09. The van der Waals surface area contributed by atoms with E-state index >= 15 is 0 Å². The number of rotatable bonds is 2. The van der Waals surface area contributed by atoms with E-state index in [1.54, 1.807) is 30.4 Å². The number of ether oxygens (including phenoxy) is 1. The molecule has 1 aliphatic heterocycles. The number of hydrogen-bond acceptors (Lipinski definition) is 4. The molecular weight excluding hydrogens is 322 g/mol. The Balaban J connectivity index is 1.94. The van der Waals surface area contributed by atoms with Crippen molar-refractivity contribution >= 4 is 39.5 Å². The zero-order valence-corrected chi connectivity index (χ0v) is 14.8. The minimum atomic E-state index is -0.0143. The molecule has 5 nitrogen and oxygen atoms in total. The number of carbonyl (C=O) groups excluding carboxylic acids is 1. The Morgan fingerprint density at radius 1 is 1.29 bits per heavy atom. The molecule has 122 valence electrons. The fraction of sp³-hybridized carbons (Fsp3) is 0.222. The van der Waals surface area contributed by atoms with Crippen LogP contribution in [0.3, 0.4) is 0 Å². The van der Waals surface area contributed by atoms with Gasteiger partial charge in [-0.05, 0) is 38.1 Å². The van der Waals surface area contributed by atoms with Gasteiger partial charge in [0.1, 0.15) is 5.75 Å². The fourth-order valence-electron chi connectivity index (χ4n) is 3.09. The van der Waals surface area contributed by atoms with Crippen LogP contribution < -0.4 is 9.64 Å².